The maximum absolute atomic E-state index is 8.63. The summed E-state index contributed by atoms with van der Waals surface area (Å²) in [5, 5.41) is 12.2. The van der Waals surface area contributed by atoms with Gasteiger partial charge in [-0.1, -0.05) is 41.0 Å². The predicted octanol–water partition coefficient (Wildman–Crippen LogP) is 3.01. The highest BCUT2D eigenvalue weighted by molar-refractivity contribution is 6.30. The summed E-state index contributed by atoms with van der Waals surface area (Å²) in [7, 11) is 0. The van der Waals surface area contributed by atoms with Crippen molar-refractivity contribution in [1.82, 2.24) is 0 Å². The number of nitrogens with two attached hydrogens (primary N) is 1. The predicted molar refractivity (Wildman–Crippen MR) is 74.7 cm³/mol. The summed E-state index contributed by atoms with van der Waals surface area (Å²) in [6.45, 7) is 0.382. The van der Waals surface area contributed by atoms with Gasteiger partial charge < -0.3 is 15.7 Å². The summed E-state index contributed by atoms with van der Waals surface area (Å²) in [5.41, 5.74) is 7.10. The van der Waals surface area contributed by atoms with Gasteiger partial charge >= 0.3 is 0 Å². The Morgan fingerprint density at radius 1 is 1.21 bits per heavy atom. The summed E-state index contributed by atoms with van der Waals surface area (Å²) in [6, 6.07) is 14.5. The van der Waals surface area contributed by atoms with Crippen LogP contribution in [0.5, 0.6) is 5.75 Å². The second-order valence-electron chi connectivity index (χ2n) is 3.93. The molecule has 0 atom stereocenters. The lowest BCUT2D eigenvalue weighted by molar-refractivity contribution is 0.306. The fraction of sp³-hybridized carbons (Fsp3) is 0.0714. The molecule has 0 unspecified atom stereocenters. The molecule has 19 heavy (non-hydrogen) atoms. The number of amidine groups is 1. The average Bonchev–Trinajstić information content (AvgIpc) is 2.45. The number of nitrogens with zero attached hydrogens (tertiary/aromatic N) is 1. The lowest BCUT2D eigenvalue weighted by Crippen LogP contribution is -2.13. The fourth-order valence-corrected chi connectivity index (χ4v) is 1.78. The van der Waals surface area contributed by atoms with Crippen LogP contribution in [0.1, 0.15) is 11.1 Å². The molecule has 0 aromatic heterocycles. The standard InChI is InChI=1S/C14H13ClN2O2/c15-12-5-2-6-13(8-12)19-9-10-3-1-4-11(7-10)14(16)17-18/h1-8,18H,9H2,(H2,16,17). The first-order valence-corrected chi connectivity index (χ1v) is 6.02. The molecule has 4 nitrogen and oxygen atoms in total. The molecule has 0 spiro atoms. The van der Waals surface area contributed by atoms with Gasteiger partial charge in [-0.3, -0.25) is 0 Å². The van der Waals surface area contributed by atoms with Gasteiger partial charge in [-0.05, 0) is 29.8 Å². The lowest BCUT2D eigenvalue weighted by Gasteiger charge is -2.07. The van der Waals surface area contributed by atoms with E-state index in [9.17, 15) is 0 Å². The van der Waals surface area contributed by atoms with Crippen LogP contribution in [0.2, 0.25) is 5.02 Å². The zero-order chi connectivity index (χ0) is 13.7. The highest BCUT2D eigenvalue weighted by Gasteiger charge is 2.02. The Balaban J connectivity index is 2.08. The van der Waals surface area contributed by atoms with Crippen LogP contribution in [0.4, 0.5) is 0 Å². The Labute approximate surface area is 116 Å². The normalized spacial score (nSPS) is 11.3. The van der Waals surface area contributed by atoms with Gasteiger partial charge in [-0.2, -0.15) is 0 Å². The quantitative estimate of drug-likeness (QED) is 0.390. The fourth-order valence-electron chi connectivity index (χ4n) is 1.60. The smallest absolute Gasteiger partial charge is 0.170 e. The molecule has 0 saturated carbocycles. The third-order valence-corrected chi connectivity index (χ3v) is 2.77. The molecule has 0 amide bonds. The first kappa shape index (κ1) is 13.2. The number of oxime groups is 1. The SMILES string of the molecule is N/C(=N\O)c1cccc(COc2cccc(Cl)c2)c1. The molecule has 98 valence electrons. The molecular formula is C14H13ClN2O2. The van der Waals surface area contributed by atoms with Gasteiger partial charge in [0.15, 0.2) is 5.84 Å². The largest absolute Gasteiger partial charge is 0.489 e. The highest BCUT2D eigenvalue weighted by atomic mass is 35.5. The number of benzene rings is 2. The summed E-state index contributed by atoms with van der Waals surface area (Å²) in [4.78, 5) is 0. The monoisotopic (exact) mass is 276 g/mol. The second kappa shape index (κ2) is 6.11. The van der Waals surface area contributed by atoms with Crippen molar-refractivity contribution in [3.8, 4) is 5.75 Å². The topological polar surface area (TPSA) is 67.8 Å². The third-order valence-electron chi connectivity index (χ3n) is 2.53. The van der Waals surface area contributed by atoms with Crippen molar-refractivity contribution >= 4 is 17.4 Å². The summed E-state index contributed by atoms with van der Waals surface area (Å²) >= 11 is 5.87. The van der Waals surface area contributed by atoms with E-state index in [0.717, 1.165) is 5.56 Å². The van der Waals surface area contributed by atoms with Crippen LogP contribution in [-0.2, 0) is 6.61 Å². The van der Waals surface area contributed by atoms with Crippen molar-refractivity contribution < 1.29 is 9.94 Å². The molecule has 5 heteroatoms. The molecule has 0 bridgehead atoms. The zero-order valence-electron chi connectivity index (χ0n) is 10.1. The van der Waals surface area contributed by atoms with Crippen molar-refractivity contribution in [1.29, 1.82) is 0 Å². The maximum Gasteiger partial charge on any atom is 0.170 e. The van der Waals surface area contributed by atoms with Crippen LogP contribution in [0.3, 0.4) is 0 Å². The van der Waals surface area contributed by atoms with Crippen LogP contribution in [0.15, 0.2) is 53.7 Å². The Kier molecular flexibility index (Phi) is 4.26. The van der Waals surface area contributed by atoms with Crippen LogP contribution >= 0.6 is 11.6 Å². The van der Waals surface area contributed by atoms with Crippen LogP contribution < -0.4 is 10.5 Å². The first-order valence-electron chi connectivity index (χ1n) is 5.64. The van der Waals surface area contributed by atoms with Crippen molar-refractivity contribution in [3.05, 3.63) is 64.7 Å². The molecule has 0 aliphatic carbocycles. The van der Waals surface area contributed by atoms with Gasteiger partial charge in [0, 0.05) is 10.6 Å². The van der Waals surface area contributed by atoms with E-state index in [0.29, 0.717) is 22.9 Å². The van der Waals surface area contributed by atoms with E-state index in [2.05, 4.69) is 5.16 Å². The van der Waals surface area contributed by atoms with Crippen molar-refractivity contribution in [2.24, 2.45) is 10.9 Å². The van der Waals surface area contributed by atoms with Crippen LogP contribution in [0, 0.1) is 0 Å². The number of halogens is 1. The molecule has 0 heterocycles. The Morgan fingerprint density at radius 2 is 2.00 bits per heavy atom. The molecule has 0 fully saturated rings. The van der Waals surface area contributed by atoms with Gasteiger partial charge in [0.1, 0.15) is 12.4 Å². The average molecular weight is 277 g/mol. The molecule has 0 aliphatic heterocycles. The summed E-state index contributed by atoms with van der Waals surface area (Å²) < 4.78 is 5.61. The van der Waals surface area contributed by atoms with Crippen LogP contribution in [0.25, 0.3) is 0 Å². The minimum atomic E-state index is 0.0737. The van der Waals surface area contributed by atoms with E-state index in [1.165, 1.54) is 0 Å². The molecule has 2 rings (SSSR count). The van der Waals surface area contributed by atoms with Gasteiger partial charge in [0.05, 0.1) is 0 Å². The highest BCUT2D eigenvalue weighted by Crippen LogP contribution is 2.18. The minimum Gasteiger partial charge on any atom is -0.489 e. The second-order valence-corrected chi connectivity index (χ2v) is 4.37. The van der Waals surface area contributed by atoms with E-state index in [4.69, 9.17) is 27.3 Å². The molecule has 2 aromatic carbocycles. The molecule has 3 N–H and O–H groups in total. The molecule has 2 aromatic rings. The van der Waals surface area contributed by atoms with E-state index < -0.39 is 0 Å². The molecule has 0 radical (unpaired) electrons. The lowest BCUT2D eigenvalue weighted by atomic mass is 10.1. The maximum atomic E-state index is 8.63. The molecule has 0 aliphatic rings. The third kappa shape index (κ3) is 3.63. The molecule has 0 saturated heterocycles. The van der Waals surface area contributed by atoms with E-state index in [1.54, 1.807) is 24.3 Å². The number of hydrogen-bond acceptors (Lipinski definition) is 3. The van der Waals surface area contributed by atoms with Gasteiger partial charge in [0.25, 0.3) is 0 Å². The van der Waals surface area contributed by atoms with E-state index in [1.807, 2.05) is 24.3 Å². The van der Waals surface area contributed by atoms with E-state index >= 15 is 0 Å². The first-order chi connectivity index (χ1) is 9.19. The van der Waals surface area contributed by atoms with Crippen molar-refractivity contribution in [3.63, 3.8) is 0 Å². The van der Waals surface area contributed by atoms with Crippen molar-refractivity contribution in [2.75, 3.05) is 0 Å². The number of rotatable bonds is 4. The Morgan fingerprint density at radius 3 is 2.74 bits per heavy atom. The minimum absolute atomic E-state index is 0.0737. The Hall–Kier alpha value is -2.20. The molecular weight excluding hydrogens is 264 g/mol. The number of hydrogen-bond donors (Lipinski definition) is 2. The van der Waals surface area contributed by atoms with Gasteiger partial charge in [0.2, 0.25) is 0 Å². The number of ether oxygens (including phenoxy) is 1. The van der Waals surface area contributed by atoms with E-state index in [-0.39, 0.29) is 5.84 Å². The van der Waals surface area contributed by atoms with Gasteiger partial charge in [-0.25, -0.2) is 0 Å². The Bertz CT molecular complexity index is 600. The zero-order valence-corrected chi connectivity index (χ0v) is 10.8. The van der Waals surface area contributed by atoms with Crippen LogP contribution in [-0.4, -0.2) is 11.0 Å². The van der Waals surface area contributed by atoms with Crippen molar-refractivity contribution in [2.45, 2.75) is 6.61 Å². The van der Waals surface area contributed by atoms with Gasteiger partial charge in [-0.15, -0.1) is 0 Å². The summed E-state index contributed by atoms with van der Waals surface area (Å²) in [6.07, 6.45) is 0. The summed E-state index contributed by atoms with van der Waals surface area (Å²) in [5.74, 6) is 0.770.